The number of aryl methyl sites for hydroxylation is 1. The van der Waals surface area contributed by atoms with Gasteiger partial charge in [0.05, 0.1) is 25.5 Å². The largest absolute Gasteiger partial charge is 0.497 e. The Labute approximate surface area is 139 Å². The zero-order chi connectivity index (χ0) is 16.8. The van der Waals surface area contributed by atoms with E-state index in [-0.39, 0.29) is 5.91 Å². The summed E-state index contributed by atoms with van der Waals surface area (Å²) in [5.74, 6) is 0.943. The summed E-state index contributed by atoms with van der Waals surface area (Å²) in [4.78, 5) is 21.1. The van der Waals surface area contributed by atoms with Gasteiger partial charge in [-0.05, 0) is 12.7 Å². The molecule has 6 nitrogen and oxygen atoms in total. The average molecular weight is 333 g/mol. The number of carbonyl (C=O) groups excluding carboxylic acids is 1. The summed E-state index contributed by atoms with van der Waals surface area (Å²) in [6, 6.07) is 5.19. The van der Waals surface area contributed by atoms with Gasteiger partial charge in [0.25, 0.3) is 5.91 Å². The molecule has 0 saturated carbocycles. The second-order valence-electron chi connectivity index (χ2n) is 4.63. The number of methoxy groups -OCH3 is 2. The first-order valence-corrected chi connectivity index (χ1v) is 8.28. The predicted octanol–water partition coefficient (Wildman–Crippen LogP) is 3.03. The number of nitrogens with zero attached hydrogens (tertiary/aromatic N) is 2. The summed E-state index contributed by atoms with van der Waals surface area (Å²) < 4.78 is 10.4. The summed E-state index contributed by atoms with van der Waals surface area (Å²) in [6.45, 7) is 1.96. The molecule has 2 rings (SSSR count). The van der Waals surface area contributed by atoms with Crippen LogP contribution in [0.25, 0.3) is 0 Å². The third-order valence-electron chi connectivity index (χ3n) is 3.22. The smallest absolute Gasteiger partial charge is 0.259 e. The first kappa shape index (κ1) is 17.1. The molecule has 0 radical (unpaired) electrons. The lowest BCUT2D eigenvalue weighted by Crippen LogP contribution is -2.16. The van der Waals surface area contributed by atoms with Gasteiger partial charge in [0.2, 0.25) is 0 Å². The number of hydrogen-bond acceptors (Lipinski definition) is 6. The lowest BCUT2D eigenvalue weighted by molar-refractivity contribution is 0.102. The number of benzene rings is 1. The van der Waals surface area contributed by atoms with Gasteiger partial charge in [-0.25, -0.2) is 9.97 Å². The van der Waals surface area contributed by atoms with Crippen molar-refractivity contribution in [1.29, 1.82) is 0 Å². The number of aromatic nitrogens is 2. The normalized spacial score (nSPS) is 10.3. The highest BCUT2D eigenvalue weighted by atomic mass is 32.2. The Morgan fingerprint density at radius 3 is 2.39 bits per heavy atom. The van der Waals surface area contributed by atoms with Crippen molar-refractivity contribution in [1.82, 2.24) is 9.97 Å². The maximum absolute atomic E-state index is 12.5. The van der Waals surface area contributed by atoms with Crippen LogP contribution in [0.3, 0.4) is 0 Å². The van der Waals surface area contributed by atoms with E-state index in [9.17, 15) is 4.79 Å². The summed E-state index contributed by atoms with van der Waals surface area (Å²) in [5.41, 5.74) is 1.77. The van der Waals surface area contributed by atoms with Gasteiger partial charge in [0.15, 0.2) is 5.16 Å². The minimum atomic E-state index is -0.259. The van der Waals surface area contributed by atoms with Crippen LogP contribution in [0.5, 0.6) is 11.5 Å². The molecule has 0 aliphatic heterocycles. The van der Waals surface area contributed by atoms with E-state index < -0.39 is 0 Å². The summed E-state index contributed by atoms with van der Waals surface area (Å²) in [5, 5.41) is 3.49. The van der Waals surface area contributed by atoms with E-state index in [1.54, 1.807) is 38.6 Å². The van der Waals surface area contributed by atoms with Crippen molar-refractivity contribution < 1.29 is 14.3 Å². The van der Waals surface area contributed by atoms with Crippen LogP contribution in [-0.2, 0) is 6.42 Å². The predicted molar refractivity (Wildman–Crippen MR) is 90.7 cm³/mol. The molecular weight excluding hydrogens is 314 g/mol. The molecule has 1 aromatic carbocycles. The van der Waals surface area contributed by atoms with E-state index in [2.05, 4.69) is 15.3 Å². The number of rotatable bonds is 6. The maximum Gasteiger partial charge on any atom is 0.259 e. The highest BCUT2D eigenvalue weighted by Crippen LogP contribution is 2.26. The van der Waals surface area contributed by atoms with Gasteiger partial charge in [0.1, 0.15) is 11.5 Å². The van der Waals surface area contributed by atoms with Crippen LogP contribution in [0.15, 0.2) is 29.6 Å². The summed E-state index contributed by atoms with van der Waals surface area (Å²) in [7, 11) is 3.12. The minimum Gasteiger partial charge on any atom is -0.497 e. The Bertz CT molecular complexity index is 685. The molecule has 1 N–H and O–H groups in total. The highest BCUT2D eigenvalue weighted by molar-refractivity contribution is 7.98. The number of carbonyl (C=O) groups is 1. The summed E-state index contributed by atoms with van der Waals surface area (Å²) >= 11 is 1.45. The standard InChI is InChI=1S/C16H19N3O3S/c1-5-14-13(9-17-16(19-14)23-4)15(20)18-10-6-11(21-2)8-12(7-10)22-3/h6-9H,5H2,1-4H3,(H,18,20). The van der Waals surface area contributed by atoms with Crippen molar-refractivity contribution in [3.63, 3.8) is 0 Å². The Morgan fingerprint density at radius 1 is 1.22 bits per heavy atom. The van der Waals surface area contributed by atoms with E-state index >= 15 is 0 Å². The number of thioether (sulfide) groups is 1. The van der Waals surface area contributed by atoms with Crippen LogP contribution in [-0.4, -0.2) is 36.4 Å². The Balaban J connectivity index is 2.28. The van der Waals surface area contributed by atoms with E-state index in [0.717, 1.165) is 5.69 Å². The Morgan fingerprint density at radius 2 is 1.87 bits per heavy atom. The molecule has 0 fully saturated rings. The third-order valence-corrected chi connectivity index (χ3v) is 3.78. The van der Waals surface area contributed by atoms with Crippen molar-refractivity contribution in [2.24, 2.45) is 0 Å². The van der Waals surface area contributed by atoms with Crippen LogP contribution in [0, 0.1) is 0 Å². The molecule has 2 aromatic rings. The molecule has 1 aromatic heterocycles. The number of ether oxygens (including phenoxy) is 2. The van der Waals surface area contributed by atoms with Gasteiger partial charge in [-0.1, -0.05) is 18.7 Å². The second kappa shape index (κ2) is 7.82. The molecule has 122 valence electrons. The van der Waals surface area contributed by atoms with Gasteiger partial charge in [-0.3, -0.25) is 4.79 Å². The van der Waals surface area contributed by atoms with E-state index in [4.69, 9.17) is 9.47 Å². The first-order valence-electron chi connectivity index (χ1n) is 7.05. The molecule has 0 unspecified atom stereocenters. The molecule has 1 heterocycles. The van der Waals surface area contributed by atoms with Crippen LogP contribution < -0.4 is 14.8 Å². The zero-order valence-electron chi connectivity index (χ0n) is 13.5. The summed E-state index contributed by atoms with van der Waals surface area (Å²) in [6.07, 6.45) is 4.11. The van der Waals surface area contributed by atoms with Gasteiger partial charge in [-0.2, -0.15) is 0 Å². The van der Waals surface area contributed by atoms with Crippen LogP contribution in [0.2, 0.25) is 0 Å². The van der Waals surface area contributed by atoms with Crippen LogP contribution >= 0.6 is 11.8 Å². The average Bonchev–Trinajstić information content (AvgIpc) is 2.60. The fourth-order valence-corrected chi connectivity index (χ4v) is 2.39. The van der Waals surface area contributed by atoms with Gasteiger partial charge in [-0.15, -0.1) is 0 Å². The van der Waals surface area contributed by atoms with E-state index in [1.165, 1.54) is 11.8 Å². The number of amides is 1. The quantitative estimate of drug-likeness (QED) is 0.647. The van der Waals surface area contributed by atoms with Crippen molar-refractivity contribution >= 4 is 23.4 Å². The zero-order valence-corrected chi connectivity index (χ0v) is 14.4. The monoisotopic (exact) mass is 333 g/mol. The van der Waals surface area contributed by atoms with Crippen molar-refractivity contribution in [3.8, 4) is 11.5 Å². The number of anilines is 1. The second-order valence-corrected chi connectivity index (χ2v) is 5.40. The molecule has 0 aliphatic carbocycles. The van der Waals surface area contributed by atoms with Gasteiger partial charge < -0.3 is 14.8 Å². The maximum atomic E-state index is 12.5. The van der Waals surface area contributed by atoms with Crippen molar-refractivity contribution in [2.75, 3.05) is 25.8 Å². The Hall–Kier alpha value is -2.28. The molecule has 7 heteroatoms. The molecular formula is C16H19N3O3S. The van der Waals surface area contributed by atoms with E-state index in [1.807, 2.05) is 13.2 Å². The van der Waals surface area contributed by atoms with E-state index in [0.29, 0.717) is 34.3 Å². The topological polar surface area (TPSA) is 73.3 Å². The Kier molecular flexibility index (Phi) is 5.81. The molecule has 0 atom stereocenters. The minimum absolute atomic E-state index is 0.259. The first-order chi connectivity index (χ1) is 11.1. The van der Waals surface area contributed by atoms with Gasteiger partial charge in [0, 0.05) is 30.1 Å². The van der Waals surface area contributed by atoms with Crippen molar-refractivity contribution in [2.45, 2.75) is 18.5 Å². The molecule has 1 amide bonds. The van der Waals surface area contributed by atoms with Crippen molar-refractivity contribution in [3.05, 3.63) is 35.7 Å². The number of hydrogen-bond donors (Lipinski definition) is 1. The fourth-order valence-electron chi connectivity index (χ4n) is 2.03. The molecule has 23 heavy (non-hydrogen) atoms. The molecule has 0 saturated heterocycles. The lowest BCUT2D eigenvalue weighted by Gasteiger charge is -2.11. The fraction of sp³-hybridized carbons (Fsp3) is 0.312. The SMILES string of the molecule is CCc1nc(SC)ncc1C(=O)Nc1cc(OC)cc(OC)c1. The molecule has 0 spiro atoms. The van der Waals surface area contributed by atoms with Gasteiger partial charge >= 0.3 is 0 Å². The molecule has 0 bridgehead atoms. The lowest BCUT2D eigenvalue weighted by atomic mass is 10.1. The third kappa shape index (κ3) is 4.13. The molecule has 0 aliphatic rings. The van der Waals surface area contributed by atoms with Crippen LogP contribution in [0.4, 0.5) is 5.69 Å². The highest BCUT2D eigenvalue weighted by Gasteiger charge is 2.14. The number of nitrogens with one attached hydrogen (secondary N) is 1. The van der Waals surface area contributed by atoms with Crippen LogP contribution in [0.1, 0.15) is 23.0 Å².